The van der Waals surface area contributed by atoms with Crippen LogP contribution in [0.15, 0.2) is 151 Å². The first-order chi connectivity index (χ1) is 32.6. The van der Waals surface area contributed by atoms with E-state index in [4.69, 9.17) is 27.1 Å². The lowest BCUT2D eigenvalue weighted by Crippen LogP contribution is -2.11. The summed E-state index contributed by atoms with van der Waals surface area (Å²) in [6.07, 6.45) is 5.22. The Labute approximate surface area is 407 Å². The van der Waals surface area contributed by atoms with Crippen LogP contribution in [0, 0.1) is 32.6 Å². The third-order valence-corrected chi connectivity index (χ3v) is 14.6. The Morgan fingerprint density at radius 3 is 1.21 bits per heavy atom. The highest BCUT2D eigenvalue weighted by atomic mass is 31.2. The van der Waals surface area contributed by atoms with E-state index < -0.39 is 17.2 Å². The van der Waals surface area contributed by atoms with Gasteiger partial charge < -0.3 is 27.1 Å². The average molecular weight is 945 g/mol. The fourth-order valence-corrected chi connectivity index (χ4v) is 11.0. The highest BCUT2D eigenvalue weighted by Gasteiger charge is 2.32. The summed E-state index contributed by atoms with van der Waals surface area (Å²) >= 11 is 0. The van der Waals surface area contributed by atoms with Crippen LogP contribution in [-0.2, 0) is 4.52 Å². The maximum absolute atomic E-state index is 7.31. The van der Waals surface area contributed by atoms with Crippen LogP contribution < -0.4 is 22.6 Å². The summed E-state index contributed by atoms with van der Waals surface area (Å²) in [6, 6.07) is 44.2. The number of fused-ring (bicyclic) bond motifs is 2. The van der Waals surface area contributed by atoms with Gasteiger partial charge >= 0.3 is 17.2 Å². The molecule has 0 spiro atoms. The van der Waals surface area contributed by atoms with E-state index in [0.717, 1.165) is 101 Å². The predicted octanol–water partition coefficient (Wildman–Crippen LogP) is 18.9. The molecule has 1 aliphatic rings. The summed E-state index contributed by atoms with van der Waals surface area (Å²) in [7, 11) is -4.16. The monoisotopic (exact) mass is 944 g/mol. The number of allylic oxidation sites excluding steroid dienone is 4. The maximum atomic E-state index is 7.31. The van der Waals surface area contributed by atoms with E-state index >= 15 is 0 Å². The molecule has 6 nitrogen and oxygen atoms in total. The van der Waals surface area contributed by atoms with Crippen molar-refractivity contribution in [3.8, 4) is 39.9 Å². The van der Waals surface area contributed by atoms with Crippen molar-refractivity contribution < 1.29 is 27.1 Å². The van der Waals surface area contributed by atoms with Crippen LogP contribution in [0.1, 0.15) is 120 Å². The van der Waals surface area contributed by atoms with Crippen molar-refractivity contribution in [1.29, 1.82) is 0 Å². The van der Waals surface area contributed by atoms with Gasteiger partial charge in [0.2, 0.25) is 0 Å². The minimum atomic E-state index is -2.10. The van der Waals surface area contributed by atoms with Gasteiger partial charge in [0.05, 0.1) is 0 Å². The van der Waals surface area contributed by atoms with E-state index in [1.807, 2.05) is 12.1 Å². The molecule has 7 aromatic carbocycles. The second kappa shape index (κ2) is 21.2. The Hall–Kier alpha value is -5.80. The number of aryl methyl sites for hydroxylation is 3. The van der Waals surface area contributed by atoms with Gasteiger partial charge in [-0.25, -0.2) is 0 Å². The van der Waals surface area contributed by atoms with Crippen LogP contribution in [0.25, 0.3) is 32.7 Å². The van der Waals surface area contributed by atoms with Crippen molar-refractivity contribution in [2.24, 2.45) is 11.8 Å². The number of hydrogen-bond acceptors (Lipinski definition) is 6. The Morgan fingerprint density at radius 2 is 0.809 bits per heavy atom. The Bertz CT molecular complexity index is 2920. The molecule has 0 N–H and O–H groups in total. The molecule has 0 radical (unpaired) electrons. The first-order valence-corrected chi connectivity index (χ1v) is 26.3. The Balaban J connectivity index is 1.33. The van der Waals surface area contributed by atoms with Crippen LogP contribution in [-0.4, -0.2) is 0 Å². The van der Waals surface area contributed by atoms with Crippen molar-refractivity contribution in [3.63, 3.8) is 0 Å². The topological polar surface area (TPSA) is 55.4 Å². The van der Waals surface area contributed by atoms with Gasteiger partial charge in [0.25, 0.3) is 0 Å². The standard InChI is InChI=1S/C60H66O6P2/c1-37(2)47-27-21-41(9)33-55(47)63-67(64-56-34-42(10)22-28-48(56)38(3)4)61-53-31-25-45-17-13-15-19-51(45)59(53)60-52-20-16-14-18-46(52)26-32-54(60)62-68(65-57-35-43(11)23-29-49(57)39(5)6)66-58-36-44(12)24-30-50(58)40(7)8/h13-35,37-40,44H,36H2,1-12H3. The molecular formula is C60H66O6P2. The van der Waals surface area contributed by atoms with Crippen LogP contribution in [0.5, 0.6) is 28.7 Å². The van der Waals surface area contributed by atoms with Crippen molar-refractivity contribution in [3.05, 3.63) is 184 Å². The first kappa shape index (κ1) is 48.6. The molecule has 8 heteroatoms. The Kier molecular flexibility index (Phi) is 15.2. The van der Waals surface area contributed by atoms with Gasteiger partial charge in [0.15, 0.2) is 0 Å². The molecule has 7 aromatic rings. The van der Waals surface area contributed by atoms with E-state index in [1.165, 1.54) is 0 Å². The second-order valence-corrected chi connectivity index (χ2v) is 21.5. The van der Waals surface area contributed by atoms with Gasteiger partial charge in [-0.15, -0.1) is 0 Å². The molecule has 0 saturated heterocycles. The number of rotatable bonds is 17. The first-order valence-electron chi connectivity index (χ1n) is 24.1. The molecule has 2 atom stereocenters. The molecule has 352 valence electrons. The van der Waals surface area contributed by atoms with Crippen molar-refractivity contribution >= 4 is 38.7 Å². The summed E-state index contributed by atoms with van der Waals surface area (Å²) in [5, 5.41) is 4.08. The number of hydrogen-bond donors (Lipinski definition) is 0. The van der Waals surface area contributed by atoms with Crippen LogP contribution in [0.2, 0.25) is 0 Å². The summed E-state index contributed by atoms with van der Waals surface area (Å²) in [4.78, 5) is 0. The van der Waals surface area contributed by atoms with E-state index in [2.05, 4.69) is 210 Å². The maximum Gasteiger partial charge on any atom is 0.530 e. The fourth-order valence-electron chi connectivity index (χ4n) is 8.81. The summed E-state index contributed by atoms with van der Waals surface area (Å²) in [6.45, 7) is 26.0. The van der Waals surface area contributed by atoms with Gasteiger partial charge in [0.1, 0.15) is 34.5 Å². The third-order valence-electron chi connectivity index (χ3n) is 12.5. The van der Waals surface area contributed by atoms with Gasteiger partial charge in [0, 0.05) is 17.5 Å². The number of benzene rings is 7. The molecule has 1 aliphatic carbocycles. The molecule has 68 heavy (non-hydrogen) atoms. The van der Waals surface area contributed by atoms with Crippen molar-refractivity contribution in [2.45, 2.75) is 107 Å². The van der Waals surface area contributed by atoms with Gasteiger partial charge in [-0.2, -0.15) is 0 Å². The summed E-state index contributed by atoms with van der Waals surface area (Å²) in [5.41, 5.74) is 9.36. The minimum absolute atomic E-state index is 0.204. The van der Waals surface area contributed by atoms with Gasteiger partial charge in [-0.05, 0) is 141 Å². The summed E-state index contributed by atoms with van der Waals surface area (Å²) in [5.74, 6) is 5.48. The van der Waals surface area contributed by atoms with E-state index in [9.17, 15) is 0 Å². The second-order valence-electron chi connectivity index (χ2n) is 19.5. The highest BCUT2D eigenvalue weighted by molar-refractivity contribution is 7.43. The van der Waals surface area contributed by atoms with Crippen LogP contribution >= 0.6 is 17.2 Å². The lowest BCUT2D eigenvalue weighted by atomic mass is 9.91. The molecule has 0 fully saturated rings. The molecule has 0 saturated carbocycles. The quantitative estimate of drug-likeness (QED) is 0.0848. The van der Waals surface area contributed by atoms with E-state index in [0.29, 0.717) is 17.4 Å². The highest BCUT2D eigenvalue weighted by Crippen LogP contribution is 2.55. The zero-order valence-corrected chi connectivity index (χ0v) is 43.5. The molecular weight excluding hydrogens is 879 g/mol. The molecule has 2 unspecified atom stereocenters. The minimum Gasteiger partial charge on any atom is -0.413 e. The largest absolute Gasteiger partial charge is 0.530 e. The van der Waals surface area contributed by atoms with Crippen LogP contribution in [0.4, 0.5) is 0 Å². The zero-order chi connectivity index (χ0) is 48.2. The van der Waals surface area contributed by atoms with E-state index in [1.54, 1.807) is 0 Å². The van der Waals surface area contributed by atoms with Crippen LogP contribution in [0.3, 0.4) is 0 Å². The van der Waals surface area contributed by atoms with Crippen molar-refractivity contribution in [2.75, 3.05) is 0 Å². The Morgan fingerprint density at radius 1 is 0.426 bits per heavy atom. The molecule has 0 amide bonds. The summed E-state index contributed by atoms with van der Waals surface area (Å²) < 4.78 is 42.8. The third kappa shape index (κ3) is 11.0. The smallest absolute Gasteiger partial charge is 0.413 e. The molecule has 8 rings (SSSR count). The predicted molar refractivity (Wildman–Crippen MR) is 286 cm³/mol. The molecule has 0 aliphatic heterocycles. The molecule has 0 heterocycles. The lowest BCUT2D eigenvalue weighted by Gasteiger charge is -2.27. The lowest BCUT2D eigenvalue weighted by molar-refractivity contribution is 0.306. The normalized spacial score (nSPS) is 14.5. The van der Waals surface area contributed by atoms with Gasteiger partial charge in [-0.1, -0.05) is 172 Å². The van der Waals surface area contributed by atoms with E-state index in [-0.39, 0.29) is 23.7 Å². The SMILES string of the molecule is Cc1ccc(C(C)C)c(OP(OC2=C(C(C)C)C=CC(C)C2)Oc2ccc3ccccc3c2-c2c(OP(Oc3cc(C)ccc3C(C)C)Oc3cc(C)ccc3C(C)C)ccc3ccccc23)c1. The molecule has 0 aromatic heterocycles. The van der Waals surface area contributed by atoms with Gasteiger partial charge in [-0.3, -0.25) is 0 Å². The average Bonchev–Trinajstić information content (AvgIpc) is 3.29. The zero-order valence-electron chi connectivity index (χ0n) is 41.7. The van der Waals surface area contributed by atoms with Crippen molar-refractivity contribution in [1.82, 2.24) is 0 Å². The molecule has 0 bridgehead atoms. The fraction of sp³-hybridized carbons (Fsp3) is 0.300.